The minimum atomic E-state index is -3.02. The van der Waals surface area contributed by atoms with Crippen LogP contribution in [-0.2, 0) is 14.6 Å². The number of likely N-dealkylation sites (N-methyl/N-ethyl adjacent to an activating group) is 1. The highest BCUT2D eigenvalue weighted by Gasteiger charge is 2.36. The average Bonchev–Trinajstić information content (AvgIpc) is 3.00. The third-order valence-electron chi connectivity index (χ3n) is 5.52. The molecule has 0 aromatic heterocycles. The van der Waals surface area contributed by atoms with Crippen molar-refractivity contribution < 1.29 is 17.6 Å². The van der Waals surface area contributed by atoms with E-state index in [0.717, 1.165) is 0 Å². The van der Waals surface area contributed by atoms with Gasteiger partial charge < -0.3 is 9.80 Å². The van der Waals surface area contributed by atoms with Crippen molar-refractivity contribution in [3.63, 3.8) is 0 Å². The number of sulfone groups is 1. The fraction of sp³-hybridized carbons (Fsp3) is 0.611. The molecule has 0 aliphatic carbocycles. The molecule has 0 N–H and O–H groups in total. The average molecular weight is 383 g/mol. The summed E-state index contributed by atoms with van der Waals surface area (Å²) in [5, 5.41) is 0. The van der Waals surface area contributed by atoms with E-state index in [1.807, 2.05) is 17.9 Å². The first-order chi connectivity index (χ1) is 12.3. The van der Waals surface area contributed by atoms with Crippen LogP contribution in [0.4, 0.5) is 10.1 Å². The molecule has 0 bridgehead atoms. The first-order valence-corrected chi connectivity index (χ1v) is 10.8. The summed E-state index contributed by atoms with van der Waals surface area (Å²) >= 11 is 0. The maximum atomic E-state index is 13.9. The number of halogens is 1. The Labute approximate surface area is 154 Å². The minimum Gasteiger partial charge on any atom is -0.367 e. The van der Waals surface area contributed by atoms with Gasteiger partial charge >= 0.3 is 0 Å². The molecule has 144 valence electrons. The highest BCUT2D eigenvalue weighted by Crippen LogP contribution is 2.22. The molecule has 2 heterocycles. The summed E-state index contributed by atoms with van der Waals surface area (Å²) in [5.74, 6) is -0.0627. The molecule has 26 heavy (non-hydrogen) atoms. The van der Waals surface area contributed by atoms with Crippen molar-refractivity contribution in [1.82, 2.24) is 9.80 Å². The van der Waals surface area contributed by atoms with E-state index in [2.05, 4.69) is 4.90 Å². The van der Waals surface area contributed by atoms with Gasteiger partial charge in [-0.3, -0.25) is 9.69 Å². The van der Waals surface area contributed by atoms with E-state index in [0.29, 0.717) is 38.3 Å². The van der Waals surface area contributed by atoms with Gasteiger partial charge in [0.2, 0.25) is 5.91 Å². The number of piperazine rings is 1. The number of carbonyl (C=O) groups excluding carboxylic acids is 1. The van der Waals surface area contributed by atoms with Crippen LogP contribution >= 0.6 is 0 Å². The predicted molar refractivity (Wildman–Crippen MR) is 99.5 cm³/mol. The van der Waals surface area contributed by atoms with E-state index < -0.39 is 9.84 Å². The smallest absolute Gasteiger partial charge is 0.239 e. The topological polar surface area (TPSA) is 60.9 Å². The SMILES string of the molecule is CC(C(=O)N(C)C1CCS(=O)(=O)C1)N1CCN(c2ccccc2F)CC1. The van der Waals surface area contributed by atoms with Crippen molar-refractivity contribution in [2.75, 3.05) is 49.6 Å². The first-order valence-electron chi connectivity index (χ1n) is 8.99. The monoisotopic (exact) mass is 383 g/mol. The fourth-order valence-corrected chi connectivity index (χ4v) is 5.54. The van der Waals surface area contributed by atoms with Gasteiger partial charge in [-0.2, -0.15) is 0 Å². The van der Waals surface area contributed by atoms with Gasteiger partial charge in [-0.15, -0.1) is 0 Å². The molecular weight excluding hydrogens is 357 g/mol. The molecular formula is C18H26FN3O3S. The van der Waals surface area contributed by atoms with Gasteiger partial charge in [-0.05, 0) is 25.5 Å². The Morgan fingerprint density at radius 1 is 1.23 bits per heavy atom. The van der Waals surface area contributed by atoms with Crippen LogP contribution < -0.4 is 4.90 Å². The Bertz CT molecular complexity index is 763. The van der Waals surface area contributed by atoms with Crippen molar-refractivity contribution in [2.24, 2.45) is 0 Å². The molecule has 1 amide bonds. The number of nitrogens with zero attached hydrogens (tertiary/aromatic N) is 3. The van der Waals surface area contributed by atoms with Gasteiger partial charge in [-0.1, -0.05) is 12.1 Å². The van der Waals surface area contributed by atoms with Gasteiger partial charge in [0.05, 0.1) is 23.2 Å². The lowest BCUT2D eigenvalue weighted by Gasteiger charge is -2.40. The van der Waals surface area contributed by atoms with Gasteiger partial charge in [0.25, 0.3) is 0 Å². The second-order valence-corrected chi connectivity index (χ2v) is 9.39. The molecule has 2 unspecified atom stereocenters. The van der Waals surface area contributed by atoms with Crippen molar-refractivity contribution in [3.8, 4) is 0 Å². The van der Waals surface area contributed by atoms with Crippen LogP contribution in [0.1, 0.15) is 13.3 Å². The summed E-state index contributed by atoms with van der Waals surface area (Å²) in [6.07, 6.45) is 0.512. The molecule has 3 rings (SSSR count). The zero-order valence-corrected chi connectivity index (χ0v) is 16.1. The van der Waals surface area contributed by atoms with Crippen LogP contribution in [0.25, 0.3) is 0 Å². The molecule has 2 aliphatic rings. The van der Waals surface area contributed by atoms with Crippen molar-refractivity contribution >= 4 is 21.4 Å². The summed E-state index contributed by atoms with van der Waals surface area (Å²) in [5.41, 5.74) is 0.597. The standard InChI is InChI=1S/C18H26FN3O3S/c1-14(18(23)20(2)15-7-12-26(24,25)13-15)21-8-10-22(11-9-21)17-6-4-3-5-16(17)19/h3-6,14-15H,7-13H2,1-2H3. The summed E-state index contributed by atoms with van der Waals surface area (Å²) in [4.78, 5) is 18.4. The molecule has 1 aromatic carbocycles. The van der Waals surface area contributed by atoms with E-state index >= 15 is 0 Å². The molecule has 0 saturated carbocycles. The normalized spacial score (nSPS) is 24.4. The van der Waals surface area contributed by atoms with Crippen LogP contribution in [0.2, 0.25) is 0 Å². The zero-order chi connectivity index (χ0) is 18.9. The van der Waals surface area contributed by atoms with E-state index in [1.54, 1.807) is 24.1 Å². The number of hydrogen-bond donors (Lipinski definition) is 0. The highest BCUT2D eigenvalue weighted by atomic mass is 32.2. The van der Waals surface area contributed by atoms with Gasteiger partial charge in [0.1, 0.15) is 5.82 Å². The van der Waals surface area contributed by atoms with Crippen LogP contribution in [0.5, 0.6) is 0 Å². The van der Waals surface area contributed by atoms with Crippen LogP contribution in [0, 0.1) is 5.82 Å². The molecule has 2 aliphatic heterocycles. The first kappa shape index (κ1) is 19.1. The summed E-state index contributed by atoms with van der Waals surface area (Å²) in [6.45, 7) is 4.50. The lowest BCUT2D eigenvalue weighted by atomic mass is 10.1. The predicted octanol–water partition coefficient (Wildman–Crippen LogP) is 0.982. The molecule has 2 saturated heterocycles. The lowest BCUT2D eigenvalue weighted by Crippen LogP contribution is -2.55. The Morgan fingerprint density at radius 2 is 1.88 bits per heavy atom. The van der Waals surface area contributed by atoms with Gasteiger partial charge in [0.15, 0.2) is 9.84 Å². The summed E-state index contributed by atoms with van der Waals surface area (Å²) in [6, 6.07) is 6.18. The number of benzene rings is 1. The lowest BCUT2D eigenvalue weighted by molar-refractivity contribution is -0.136. The molecule has 0 radical (unpaired) electrons. The third-order valence-corrected chi connectivity index (χ3v) is 7.27. The number of para-hydroxylation sites is 1. The highest BCUT2D eigenvalue weighted by molar-refractivity contribution is 7.91. The second kappa shape index (κ2) is 7.52. The fourth-order valence-electron chi connectivity index (χ4n) is 3.77. The quantitative estimate of drug-likeness (QED) is 0.776. The molecule has 6 nitrogen and oxygen atoms in total. The Kier molecular flexibility index (Phi) is 5.53. The van der Waals surface area contributed by atoms with Crippen LogP contribution in [-0.4, -0.2) is 80.9 Å². The third kappa shape index (κ3) is 4.01. The largest absolute Gasteiger partial charge is 0.367 e. The van der Waals surface area contributed by atoms with Crippen molar-refractivity contribution in [3.05, 3.63) is 30.1 Å². The van der Waals surface area contributed by atoms with Crippen molar-refractivity contribution in [2.45, 2.75) is 25.4 Å². The molecule has 0 spiro atoms. The number of rotatable bonds is 4. The van der Waals surface area contributed by atoms with Gasteiger partial charge in [-0.25, -0.2) is 12.8 Å². The van der Waals surface area contributed by atoms with E-state index in [-0.39, 0.29) is 35.3 Å². The number of carbonyl (C=O) groups is 1. The van der Waals surface area contributed by atoms with E-state index in [4.69, 9.17) is 0 Å². The van der Waals surface area contributed by atoms with Crippen LogP contribution in [0.3, 0.4) is 0 Å². The van der Waals surface area contributed by atoms with Gasteiger partial charge in [0, 0.05) is 39.3 Å². The van der Waals surface area contributed by atoms with Crippen LogP contribution in [0.15, 0.2) is 24.3 Å². The number of anilines is 1. The molecule has 8 heteroatoms. The molecule has 2 atom stereocenters. The number of hydrogen-bond acceptors (Lipinski definition) is 5. The zero-order valence-electron chi connectivity index (χ0n) is 15.3. The van der Waals surface area contributed by atoms with E-state index in [1.165, 1.54) is 6.07 Å². The summed E-state index contributed by atoms with van der Waals surface area (Å²) < 4.78 is 37.2. The Balaban J connectivity index is 1.57. The minimum absolute atomic E-state index is 0.0496. The van der Waals surface area contributed by atoms with Crippen molar-refractivity contribution in [1.29, 1.82) is 0 Å². The molecule has 2 fully saturated rings. The second-order valence-electron chi connectivity index (χ2n) is 7.16. The maximum absolute atomic E-state index is 13.9. The Hall–Kier alpha value is -1.67. The molecule has 1 aromatic rings. The van der Waals surface area contributed by atoms with E-state index in [9.17, 15) is 17.6 Å². The Morgan fingerprint density at radius 3 is 2.46 bits per heavy atom. The summed E-state index contributed by atoms with van der Waals surface area (Å²) in [7, 11) is -1.32. The number of amides is 1. The maximum Gasteiger partial charge on any atom is 0.239 e.